The molecule has 0 aliphatic heterocycles. The zero-order valence-electron chi connectivity index (χ0n) is 18.5. The molecule has 0 aromatic heterocycles. The summed E-state index contributed by atoms with van der Waals surface area (Å²) in [4.78, 5) is 24.1. The molecule has 0 spiro atoms. The van der Waals surface area contributed by atoms with Gasteiger partial charge in [0.1, 0.15) is 5.82 Å². The van der Waals surface area contributed by atoms with Crippen LogP contribution in [-0.4, -0.2) is 27.0 Å². The van der Waals surface area contributed by atoms with Gasteiger partial charge < -0.3 is 16.0 Å². The number of rotatable bonds is 8. The van der Waals surface area contributed by atoms with Crippen LogP contribution in [0.1, 0.15) is 16.7 Å². The van der Waals surface area contributed by atoms with Crippen LogP contribution in [0.3, 0.4) is 0 Å². The van der Waals surface area contributed by atoms with E-state index < -0.39 is 22.1 Å². The Morgan fingerprint density at radius 1 is 0.824 bits per heavy atom. The van der Waals surface area contributed by atoms with Crippen LogP contribution in [0.15, 0.2) is 77.7 Å². The van der Waals surface area contributed by atoms with Gasteiger partial charge in [-0.2, -0.15) is 0 Å². The summed E-state index contributed by atoms with van der Waals surface area (Å²) in [5.74, 6) is -0.337. The second kappa shape index (κ2) is 11.3. The van der Waals surface area contributed by atoms with Crippen molar-refractivity contribution in [3.8, 4) is 0 Å². The van der Waals surface area contributed by atoms with E-state index >= 15 is 0 Å². The highest BCUT2D eigenvalue weighted by Crippen LogP contribution is 2.14. The SMILES string of the molecule is Cc1ccccc1S(=O)(=O)NC(=O)NCCc1ccc(NC(=O)NCc2ccc(F)cc2)cc1. The van der Waals surface area contributed by atoms with Crippen LogP contribution in [0, 0.1) is 12.7 Å². The molecular weight excluding hydrogens is 459 g/mol. The van der Waals surface area contributed by atoms with E-state index in [2.05, 4.69) is 16.0 Å². The number of anilines is 1. The summed E-state index contributed by atoms with van der Waals surface area (Å²) in [5, 5.41) is 7.91. The number of aryl methyl sites for hydroxylation is 1. The molecule has 8 nitrogen and oxygen atoms in total. The molecule has 34 heavy (non-hydrogen) atoms. The second-order valence-electron chi connectivity index (χ2n) is 7.51. The molecule has 0 aliphatic rings. The number of hydrogen-bond donors (Lipinski definition) is 4. The summed E-state index contributed by atoms with van der Waals surface area (Å²) in [5.41, 5.74) is 2.78. The van der Waals surface area contributed by atoms with E-state index in [9.17, 15) is 22.4 Å². The fourth-order valence-corrected chi connectivity index (χ4v) is 4.28. The highest BCUT2D eigenvalue weighted by Gasteiger charge is 2.19. The molecule has 4 amide bonds. The molecule has 0 saturated heterocycles. The van der Waals surface area contributed by atoms with Crippen molar-refractivity contribution in [1.29, 1.82) is 0 Å². The molecule has 3 aromatic carbocycles. The van der Waals surface area contributed by atoms with Crippen LogP contribution in [0.25, 0.3) is 0 Å². The van der Waals surface area contributed by atoms with Gasteiger partial charge in [-0.15, -0.1) is 0 Å². The average Bonchev–Trinajstić information content (AvgIpc) is 2.80. The van der Waals surface area contributed by atoms with Gasteiger partial charge in [0, 0.05) is 18.8 Å². The van der Waals surface area contributed by atoms with Crippen LogP contribution in [0.4, 0.5) is 19.7 Å². The molecule has 3 aromatic rings. The first-order chi connectivity index (χ1) is 16.2. The maximum Gasteiger partial charge on any atom is 0.328 e. The second-order valence-corrected chi connectivity index (χ2v) is 9.16. The number of amides is 4. The minimum atomic E-state index is -3.95. The van der Waals surface area contributed by atoms with E-state index in [1.807, 2.05) is 4.72 Å². The monoisotopic (exact) mass is 484 g/mol. The summed E-state index contributed by atoms with van der Waals surface area (Å²) < 4.78 is 39.6. The molecule has 4 N–H and O–H groups in total. The van der Waals surface area contributed by atoms with Crippen molar-refractivity contribution in [3.05, 3.63) is 95.3 Å². The molecule has 0 heterocycles. The molecule has 0 radical (unpaired) electrons. The summed E-state index contributed by atoms with van der Waals surface area (Å²) in [7, 11) is -3.95. The Hall–Kier alpha value is -3.92. The lowest BCUT2D eigenvalue weighted by atomic mass is 10.1. The smallest absolute Gasteiger partial charge is 0.328 e. The van der Waals surface area contributed by atoms with Crippen LogP contribution >= 0.6 is 0 Å². The summed E-state index contributed by atoms with van der Waals surface area (Å²) in [6, 6.07) is 18.1. The van der Waals surface area contributed by atoms with E-state index in [0.29, 0.717) is 17.7 Å². The lowest BCUT2D eigenvalue weighted by Crippen LogP contribution is -2.40. The van der Waals surface area contributed by atoms with Gasteiger partial charge in [-0.1, -0.05) is 42.5 Å². The molecule has 0 fully saturated rings. The van der Waals surface area contributed by atoms with Crippen molar-refractivity contribution >= 4 is 27.8 Å². The number of benzene rings is 3. The molecule has 0 bridgehead atoms. The quantitative estimate of drug-likeness (QED) is 0.390. The first-order valence-electron chi connectivity index (χ1n) is 10.5. The van der Waals surface area contributed by atoms with Gasteiger partial charge in [0.2, 0.25) is 0 Å². The zero-order valence-corrected chi connectivity index (χ0v) is 19.3. The Labute approximate surface area is 197 Å². The highest BCUT2D eigenvalue weighted by molar-refractivity contribution is 7.90. The third-order valence-electron chi connectivity index (χ3n) is 4.89. The first-order valence-corrected chi connectivity index (χ1v) is 12.0. The Balaban J connectivity index is 1.41. The summed E-state index contributed by atoms with van der Waals surface area (Å²) in [6.07, 6.45) is 0.467. The van der Waals surface area contributed by atoms with Crippen LogP contribution < -0.4 is 20.7 Å². The Morgan fingerprint density at radius 3 is 2.15 bits per heavy atom. The number of carbonyl (C=O) groups excluding carboxylic acids is 2. The van der Waals surface area contributed by atoms with Crippen molar-refractivity contribution < 1.29 is 22.4 Å². The standard InChI is InChI=1S/C24H25FN4O4S/c1-17-4-2-3-5-22(17)34(32,33)29-24(31)26-15-14-18-8-12-21(13-9-18)28-23(30)27-16-19-6-10-20(25)11-7-19/h2-13H,14-16H2,1H3,(H2,26,29,31)(H2,27,28,30). The van der Waals surface area contributed by atoms with Crippen molar-refractivity contribution in [1.82, 2.24) is 15.4 Å². The predicted octanol–water partition coefficient (Wildman–Crippen LogP) is 3.69. The van der Waals surface area contributed by atoms with Crippen LogP contribution in [0.2, 0.25) is 0 Å². The third-order valence-corrected chi connectivity index (χ3v) is 6.38. The number of carbonyl (C=O) groups is 2. The number of hydrogen-bond acceptors (Lipinski definition) is 4. The zero-order chi connectivity index (χ0) is 24.6. The fraction of sp³-hybridized carbons (Fsp3) is 0.167. The van der Waals surface area contributed by atoms with Crippen molar-refractivity contribution in [2.75, 3.05) is 11.9 Å². The molecule has 0 unspecified atom stereocenters. The molecule has 0 aliphatic carbocycles. The van der Waals surface area contributed by atoms with Crippen molar-refractivity contribution in [2.24, 2.45) is 0 Å². The number of sulfonamides is 1. The van der Waals surface area contributed by atoms with Gasteiger partial charge in [0.05, 0.1) is 4.90 Å². The number of urea groups is 2. The van der Waals surface area contributed by atoms with Gasteiger partial charge in [-0.05, 0) is 60.4 Å². The van der Waals surface area contributed by atoms with Gasteiger partial charge in [-0.3, -0.25) is 0 Å². The molecule has 10 heteroatoms. The Kier molecular flexibility index (Phi) is 8.20. The minimum absolute atomic E-state index is 0.0509. The first kappa shape index (κ1) is 24.7. The maximum absolute atomic E-state index is 12.9. The van der Waals surface area contributed by atoms with E-state index in [1.165, 1.54) is 18.2 Å². The van der Waals surface area contributed by atoms with Crippen LogP contribution in [-0.2, 0) is 23.0 Å². The van der Waals surface area contributed by atoms with E-state index in [0.717, 1.165) is 11.1 Å². The topological polar surface area (TPSA) is 116 Å². The molecule has 0 atom stereocenters. The lowest BCUT2D eigenvalue weighted by molar-refractivity contribution is 0.246. The van der Waals surface area contributed by atoms with Crippen molar-refractivity contribution in [2.45, 2.75) is 24.8 Å². The molecular formula is C24H25FN4O4S. The van der Waals surface area contributed by atoms with Gasteiger partial charge >= 0.3 is 12.1 Å². The normalized spacial score (nSPS) is 10.9. The lowest BCUT2D eigenvalue weighted by Gasteiger charge is -2.11. The molecule has 0 saturated carbocycles. The van der Waals surface area contributed by atoms with Gasteiger partial charge in [0.25, 0.3) is 10.0 Å². The van der Waals surface area contributed by atoms with E-state index in [1.54, 1.807) is 61.5 Å². The predicted molar refractivity (Wildman–Crippen MR) is 127 cm³/mol. The largest absolute Gasteiger partial charge is 0.337 e. The summed E-state index contributed by atoms with van der Waals surface area (Å²) in [6.45, 7) is 2.14. The van der Waals surface area contributed by atoms with E-state index in [4.69, 9.17) is 0 Å². The van der Waals surface area contributed by atoms with E-state index in [-0.39, 0.29) is 23.8 Å². The Bertz CT molecular complexity index is 1250. The Morgan fingerprint density at radius 2 is 1.47 bits per heavy atom. The highest BCUT2D eigenvalue weighted by atomic mass is 32.2. The maximum atomic E-state index is 12.9. The number of halogens is 1. The minimum Gasteiger partial charge on any atom is -0.337 e. The average molecular weight is 485 g/mol. The third kappa shape index (κ3) is 7.31. The van der Waals surface area contributed by atoms with Crippen LogP contribution in [0.5, 0.6) is 0 Å². The summed E-state index contributed by atoms with van der Waals surface area (Å²) >= 11 is 0. The molecule has 3 rings (SSSR count). The fourth-order valence-electron chi connectivity index (χ4n) is 3.11. The van der Waals surface area contributed by atoms with Crippen molar-refractivity contribution in [3.63, 3.8) is 0 Å². The van der Waals surface area contributed by atoms with Gasteiger partial charge in [0.15, 0.2) is 0 Å². The number of nitrogens with one attached hydrogen (secondary N) is 4. The van der Waals surface area contributed by atoms with Gasteiger partial charge in [-0.25, -0.2) is 27.1 Å². The molecule has 178 valence electrons.